The van der Waals surface area contributed by atoms with E-state index in [-0.39, 0.29) is 38.0 Å². The topological polar surface area (TPSA) is 355 Å². The molecule has 23 heteroatoms. The molecule has 0 bridgehead atoms. The third-order valence-electron chi connectivity index (χ3n) is 8.54. The average Bonchev–Trinajstić information content (AvgIpc) is 3.05. The lowest BCUT2D eigenvalue weighted by Crippen LogP contribution is -2.59. The van der Waals surface area contributed by atoms with Crippen molar-refractivity contribution in [2.24, 2.45) is 0 Å². The molecule has 9 atom stereocenters. The maximum atomic E-state index is 12.5. The van der Waals surface area contributed by atoms with Crippen LogP contribution in [0.2, 0.25) is 0 Å². The third kappa shape index (κ3) is 7.47. The highest BCUT2D eigenvalue weighted by Crippen LogP contribution is 2.44. The van der Waals surface area contributed by atoms with Gasteiger partial charge < -0.3 is 55.6 Å². The molecule has 282 valence electrons. The molecule has 0 amide bonds. The molecule has 0 spiro atoms. The van der Waals surface area contributed by atoms with Crippen molar-refractivity contribution in [1.29, 1.82) is 0 Å². The molecular weight excluding hydrogens is 750 g/mol. The summed E-state index contributed by atoms with van der Waals surface area (Å²) in [6, 6.07) is 5.93. The van der Waals surface area contributed by atoms with Gasteiger partial charge in [0.15, 0.2) is 6.29 Å². The highest BCUT2D eigenvalue weighted by molar-refractivity contribution is 7.87. The zero-order valence-electron chi connectivity index (χ0n) is 25.7. The van der Waals surface area contributed by atoms with Gasteiger partial charge in [0, 0.05) is 44.5 Å². The number of rotatable bonds is 13. The molecule has 1 aliphatic heterocycles. The largest absolute Gasteiger partial charge is 0.394 e. The van der Waals surface area contributed by atoms with Crippen LogP contribution < -0.4 is 5.32 Å². The number of aliphatic hydroxyl groups excluding tert-OH is 8. The van der Waals surface area contributed by atoms with Crippen molar-refractivity contribution in [3.05, 3.63) is 36.4 Å². The lowest BCUT2D eigenvalue weighted by Gasteiger charge is -2.40. The third-order valence-corrected chi connectivity index (χ3v) is 11.2. The second kappa shape index (κ2) is 14.1. The fourth-order valence-electron chi connectivity index (χ4n) is 5.97. The van der Waals surface area contributed by atoms with Crippen molar-refractivity contribution in [3.8, 4) is 0 Å². The first kappa shape index (κ1) is 39.3. The van der Waals surface area contributed by atoms with Crippen molar-refractivity contribution in [3.63, 3.8) is 0 Å². The molecule has 0 saturated carbocycles. The summed E-state index contributed by atoms with van der Waals surface area (Å²) in [5.74, 6) is 0. The first-order valence-electron chi connectivity index (χ1n) is 14.7. The molecular formula is C28H33NO19S3. The summed E-state index contributed by atoms with van der Waals surface area (Å²) < 4.78 is 114. The molecule has 1 heterocycles. The predicted octanol–water partition coefficient (Wildman–Crippen LogP) is -3.00. The lowest BCUT2D eigenvalue weighted by atomic mass is 9.93. The van der Waals surface area contributed by atoms with Gasteiger partial charge in [0.05, 0.1) is 19.3 Å². The van der Waals surface area contributed by atoms with Gasteiger partial charge in [-0.2, -0.15) is 25.3 Å². The summed E-state index contributed by atoms with van der Waals surface area (Å²) in [6.45, 7) is -2.35. The number of nitrogens with one attached hydrogen (secondary N) is 1. The van der Waals surface area contributed by atoms with Crippen LogP contribution in [-0.4, -0.2) is 155 Å². The van der Waals surface area contributed by atoms with E-state index in [1.165, 1.54) is 6.07 Å². The Morgan fingerprint density at radius 2 is 1.12 bits per heavy atom. The Hall–Kier alpha value is -2.95. The van der Waals surface area contributed by atoms with E-state index < -0.39 is 120 Å². The summed E-state index contributed by atoms with van der Waals surface area (Å²) >= 11 is 0. The number of hydrogen-bond donors (Lipinski definition) is 12. The zero-order valence-corrected chi connectivity index (χ0v) is 28.1. The Labute approximate surface area is 288 Å². The van der Waals surface area contributed by atoms with Gasteiger partial charge in [0.1, 0.15) is 57.4 Å². The van der Waals surface area contributed by atoms with E-state index >= 15 is 0 Å². The van der Waals surface area contributed by atoms with Crippen LogP contribution in [0.25, 0.3) is 32.3 Å². The van der Waals surface area contributed by atoms with Crippen molar-refractivity contribution >= 4 is 68.4 Å². The van der Waals surface area contributed by atoms with E-state index in [0.717, 1.165) is 24.3 Å². The molecule has 4 unspecified atom stereocenters. The fraction of sp³-hybridized carbons (Fsp3) is 0.429. The fourth-order valence-corrected chi connectivity index (χ4v) is 8.19. The molecule has 1 saturated heterocycles. The molecule has 0 radical (unpaired) electrons. The Bertz CT molecular complexity index is 2210. The Kier molecular flexibility index (Phi) is 10.9. The Morgan fingerprint density at radius 1 is 0.667 bits per heavy atom. The summed E-state index contributed by atoms with van der Waals surface area (Å²) in [4.78, 5) is -2.69. The molecule has 12 N–H and O–H groups in total. The van der Waals surface area contributed by atoms with Crippen LogP contribution in [0.1, 0.15) is 0 Å². The van der Waals surface area contributed by atoms with E-state index in [4.69, 9.17) is 9.47 Å². The highest BCUT2D eigenvalue weighted by atomic mass is 32.2. The molecule has 51 heavy (non-hydrogen) atoms. The molecule has 1 fully saturated rings. The minimum Gasteiger partial charge on any atom is -0.394 e. The molecule has 5 rings (SSSR count). The number of aliphatic hydroxyl groups is 8. The van der Waals surface area contributed by atoms with Gasteiger partial charge in [0.2, 0.25) is 0 Å². The number of ether oxygens (including phenoxy) is 2. The van der Waals surface area contributed by atoms with Crippen molar-refractivity contribution in [1.82, 2.24) is 0 Å². The van der Waals surface area contributed by atoms with Gasteiger partial charge >= 0.3 is 0 Å². The number of anilines is 1. The van der Waals surface area contributed by atoms with Crippen LogP contribution in [-0.2, 0) is 39.8 Å². The predicted molar refractivity (Wildman–Crippen MR) is 172 cm³/mol. The quantitative estimate of drug-likeness (QED) is 0.0475. The van der Waals surface area contributed by atoms with E-state index in [1.54, 1.807) is 0 Å². The molecule has 4 aromatic rings. The monoisotopic (exact) mass is 783 g/mol. The van der Waals surface area contributed by atoms with Crippen molar-refractivity contribution in [2.45, 2.75) is 69.8 Å². The smallest absolute Gasteiger partial charge is 0.295 e. The van der Waals surface area contributed by atoms with E-state index in [2.05, 4.69) is 5.32 Å². The highest BCUT2D eigenvalue weighted by Gasteiger charge is 2.44. The zero-order chi connectivity index (χ0) is 38.0. The van der Waals surface area contributed by atoms with Gasteiger partial charge in [-0.15, -0.1) is 0 Å². The van der Waals surface area contributed by atoms with Crippen LogP contribution in [0.3, 0.4) is 0 Å². The average molecular weight is 784 g/mol. The maximum Gasteiger partial charge on any atom is 0.295 e. The van der Waals surface area contributed by atoms with Crippen LogP contribution in [0.15, 0.2) is 51.1 Å². The van der Waals surface area contributed by atoms with Crippen LogP contribution in [0.4, 0.5) is 5.69 Å². The van der Waals surface area contributed by atoms with Crippen LogP contribution in [0.5, 0.6) is 0 Å². The summed E-state index contributed by atoms with van der Waals surface area (Å²) in [5.41, 5.74) is -0.206. The number of hydrogen-bond acceptors (Lipinski definition) is 17. The van der Waals surface area contributed by atoms with Gasteiger partial charge in [-0.25, -0.2) is 0 Å². The second-order valence-electron chi connectivity index (χ2n) is 11.8. The molecule has 0 aromatic heterocycles. The summed E-state index contributed by atoms with van der Waals surface area (Å²) in [7, 11) is -15.4. The molecule has 1 aliphatic rings. The summed E-state index contributed by atoms with van der Waals surface area (Å²) in [5, 5.41) is 82.6. The maximum absolute atomic E-state index is 12.5. The lowest BCUT2D eigenvalue weighted by molar-refractivity contribution is -0.306. The van der Waals surface area contributed by atoms with E-state index in [9.17, 15) is 79.8 Å². The second-order valence-corrected chi connectivity index (χ2v) is 16.0. The normalized spacial score (nSPS) is 24.6. The van der Waals surface area contributed by atoms with E-state index in [1.807, 2.05) is 0 Å². The van der Waals surface area contributed by atoms with Crippen molar-refractivity contribution < 1.29 is 89.2 Å². The first-order valence-corrected chi connectivity index (χ1v) is 19.0. The van der Waals surface area contributed by atoms with E-state index in [0.29, 0.717) is 6.07 Å². The Morgan fingerprint density at radius 3 is 1.61 bits per heavy atom. The molecule has 0 aliphatic carbocycles. The SMILES string of the molecule is O=S(=O)(O)c1cc(NCC(O)C(O)C(O)C(O)CO[C@@H]2O[C@H](CO)[C@H](O)[C@H](O)[C@H]2O)c2ccc3c(S(=O)(=O)O)cc(S(=O)(=O)O)c4ccc1c2c34. The standard InChI is InChI=1S/C28H33NO19S3/c30-8-17-25(35)26(36)27(37)28(48-17)47-9-16(32)24(34)23(33)15(31)7-29-14-5-18(49(38,39)40)11-3-4-13-20(51(44,45)46)6-19(50(41,42)43)12-2-1-10(14)21(11)22(12)13/h1-6,15-17,23-37H,7-9H2,(H,38,39,40)(H,41,42,43)(H,44,45,46)/t15?,16?,17-,23?,24?,25+,26+,27-,28-/m1/s1. The van der Waals surface area contributed by atoms with Gasteiger partial charge in [0.25, 0.3) is 30.4 Å². The first-order chi connectivity index (χ1) is 23.6. The molecule has 20 nitrogen and oxygen atoms in total. The van der Waals surface area contributed by atoms with Crippen molar-refractivity contribution in [2.75, 3.05) is 25.1 Å². The minimum atomic E-state index is -5.15. The van der Waals surface area contributed by atoms with Gasteiger partial charge in [-0.1, -0.05) is 24.3 Å². The molecule has 4 aromatic carbocycles. The Balaban J connectivity index is 1.46. The summed E-state index contributed by atoms with van der Waals surface area (Å²) in [6.07, 6.45) is -16.6. The van der Waals surface area contributed by atoms with Crippen LogP contribution >= 0.6 is 0 Å². The van der Waals surface area contributed by atoms with Gasteiger partial charge in [-0.3, -0.25) is 13.7 Å². The van der Waals surface area contributed by atoms with Crippen LogP contribution in [0, 0.1) is 0 Å². The number of benzene rings is 4. The van der Waals surface area contributed by atoms with Gasteiger partial charge in [-0.05, 0) is 12.1 Å². The minimum absolute atomic E-state index is 0.0273.